The number of hydrogen-bond donors (Lipinski definition) is 2. The summed E-state index contributed by atoms with van der Waals surface area (Å²) in [7, 11) is 0. The van der Waals surface area contributed by atoms with Crippen molar-refractivity contribution in [2.45, 2.75) is 23.2 Å². The van der Waals surface area contributed by atoms with Gasteiger partial charge in [0, 0.05) is 5.56 Å². The summed E-state index contributed by atoms with van der Waals surface area (Å²) in [6.07, 6.45) is 1.75. The summed E-state index contributed by atoms with van der Waals surface area (Å²) < 4.78 is 1.61. The van der Waals surface area contributed by atoms with E-state index >= 15 is 0 Å². The molecule has 1 atom stereocenters. The van der Waals surface area contributed by atoms with Crippen LogP contribution in [0.25, 0.3) is 5.69 Å². The van der Waals surface area contributed by atoms with Crippen LogP contribution >= 0.6 is 11.8 Å². The fourth-order valence-corrected chi connectivity index (χ4v) is 4.05. The van der Waals surface area contributed by atoms with Gasteiger partial charge in [-0.25, -0.2) is 0 Å². The fraction of sp³-hybridized carbons (Fsp3) is 0.176. The van der Waals surface area contributed by atoms with Gasteiger partial charge in [0.1, 0.15) is 11.5 Å². The number of hydrogen-bond acceptors (Lipinski definition) is 7. The number of fused-ring (bicyclic) bond motifs is 1. The molecule has 2 aromatic carbocycles. The Morgan fingerprint density at radius 2 is 1.92 bits per heavy atom. The first-order chi connectivity index (χ1) is 12.3. The molecular weight excluding hydrogens is 338 g/mol. The summed E-state index contributed by atoms with van der Waals surface area (Å²) in [4.78, 5) is 0. The summed E-state index contributed by atoms with van der Waals surface area (Å²) in [6, 6.07) is 14.6. The van der Waals surface area contributed by atoms with Gasteiger partial charge in [-0.2, -0.15) is 4.68 Å². The second-order valence-electron chi connectivity index (χ2n) is 5.68. The van der Waals surface area contributed by atoms with Crippen LogP contribution in [-0.4, -0.2) is 41.5 Å². The molecule has 3 aromatic rings. The van der Waals surface area contributed by atoms with E-state index in [0.29, 0.717) is 10.9 Å². The van der Waals surface area contributed by atoms with Crippen LogP contribution in [0.4, 0.5) is 0 Å². The highest BCUT2D eigenvalue weighted by molar-refractivity contribution is 8.00. The van der Waals surface area contributed by atoms with Gasteiger partial charge in [0.15, 0.2) is 0 Å². The van der Waals surface area contributed by atoms with Crippen molar-refractivity contribution in [1.29, 1.82) is 0 Å². The van der Waals surface area contributed by atoms with Gasteiger partial charge in [0.05, 0.1) is 10.9 Å². The van der Waals surface area contributed by atoms with Crippen molar-refractivity contribution >= 4 is 17.5 Å². The summed E-state index contributed by atoms with van der Waals surface area (Å²) in [5, 5.41) is 35.0. The van der Waals surface area contributed by atoms with Crippen molar-refractivity contribution < 1.29 is 10.3 Å². The van der Waals surface area contributed by atoms with Crippen LogP contribution in [0, 0.1) is 0 Å². The van der Waals surface area contributed by atoms with Crippen molar-refractivity contribution in [2.24, 2.45) is 5.16 Å². The number of aromatic nitrogens is 4. The monoisotopic (exact) mass is 353 g/mol. The van der Waals surface area contributed by atoms with E-state index in [-0.39, 0.29) is 11.0 Å². The van der Waals surface area contributed by atoms with E-state index in [9.17, 15) is 10.3 Å². The molecule has 0 amide bonds. The third-order valence-electron chi connectivity index (χ3n) is 4.16. The Morgan fingerprint density at radius 1 is 1.12 bits per heavy atom. The minimum Gasteiger partial charge on any atom is -0.508 e. The van der Waals surface area contributed by atoms with Crippen molar-refractivity contribution in [3.05, 3.63) is 59.7 Å². The average molecular weight is 353 g/mol. The van der Waals surface area contributed by atoms with E-state index in [1.54, 1.807) is 28.9 Å². The number of benzene rings is 2. The lowest BCUT2D eigenvalue weighted by molar-refractivity contribution is 0.317. The maximum absolute atomic E-state index is 9.54. The van der Waals surface area contributed by atoms with Crippen molar-refractivity contribution in [3.63, 3.8) is 0 Å². The van der Waals surface area contributed by atoms with Gasteiger partial charge in [-0.05, 0) is 53.1 Å². The number of tetrazole rings is 1. The summed E-state index contributed by atoms with van der Waals surface area (Å²) >= 11 is 1.47. The van der Waals surface area contributed by atoms with E-state index in [2.05, 4.69) is 26.7 Å². The number of aromatic hydroxyl groups is 1. The van der Waals surface area contributed by atoms with Crippen molar-refractivity contribution in [2.75, 3.05) is 0 Å². The Kier molecular flexibility index (Phi) is 4.10. The van der Waals surface area contributed by atoms with Crippen LogP contribution in [0.1, 0.15) is 17.5 Å². The first-order valence-electron chi connectivity index (χ1n) is 7.81. The van der Waals surface area contributed by atoms with Gasteiger partial charge in [0.2, 0.25) is 5.16 Å². The van der Waals surface area contributed by atoms with E-state index in [4.69, 9.17) is 0 Å². The second-order valence-corrected chi connectivity index (χ2v) is 6.85. The predicted molar refractivity (Wildman–Crippen MR) is 93.6 cm³/mol. The predicted octanol–water partition coefficient (Wildman–Crippen LogP) is 2.65. The maximum atomic E-state index is 9.54. The van der Waals surface area contributed by atoms with Gasteiger partial charge in [-0.1, -0.05) is 41.2 Å². The Bertz CT molecular complexity index is 923. The lowest BCUT2D eigenvalue weighted by Gasteiger charge is -2.24. The first-order valence-corrected chi connectivity index (χ1v) is 8.69. The quantitative estimate of drug-likeness (QED) is 0.555. The first kappa shape index (κ1) is 15.6. The standard InChI is InChI=1S/C17H15N5O2S/c23-13-8-6-12(7-9-13)22-17(18-20-21-22)25-15-10-5-11-3-1-2-4-14(11)16(15)19-24/h1-4,6-9,15,23-24H,5,10H2/b19-16+. The molecule has 1 aromatic heterocycles. The topological polar surface area (TPSA) is 96.4 Å². The van der Waals surface area contributed by atoms with Crippen molar-refractivity contribution in [3.8, 4) is 11.4 Å². The molecule has 0 saturated heterocycles. The zero-order valence-corrected chi connectivity index (χ0v) is 14.0. The molecule has 0 radical (unpaired) electrons. The van der Waals surface area contributed by atoms with Gasteiger partial charge < -0.3 is 10.3 Å². The molecule has 4 rings (SSSR count). The number of nitrogens with zero attached hydrogens (tertiary/aromatic N) is 5. The maximum Gasteiger partial charge on any atom is 0.214 e. The highest BCUT2D eigenvalue weighted by Gasteiger charge is 2.28. The number of rotatable bonds is 3. The van der Waals surface area contributed by atoms with Gasteiger partial charge in [0.25, 0.3) is 0 Å². The molecule has 0 bridgehead atoms. The summed E-state index contributed by atoms with van der Waals surface area (Å²) in [5.74, 6) is 0.185. The molecule has 1 aliphatic rings. The van der Waals surface area contributed by atoms with Crippen LogP contribution in [0.5, 0.6) is 5.75 Å². The molecule has 1 heterocycles. The normalized spacial score (nSPS) is 18.2. The zero-order chi connectivity index (χ0) is 17.2. The lowest BCUT2D eigenvalue weighted by atomic mass is 9.90. The number of aryl methyl sites for hydroxylation is 1. The average Bonchev–Trinajstić information content (AvgIpc) is 3.10. The van der Waals surface area contributed by atoms with Crippen LogP contribution in [0.3, 0.4) is 0 Å². The van der Waals surface area contributed by atoms with E-state index < -0.39 is 0 Å². The van der Waals surface area contributed by atoms with Crippen LogP contribution < -0.4 is 0 Å². The van der Waals surface area contributed by atoms with Crippen LogP contribution in [-0.2, 0) is 6.42 Å². The molecule has 1 aliphatic carbocycles. The number of phenolic OH excluding ortho intramolecular Hbond substituents is 1. The lowest BCUT2D eigenvalue weighted by Crippen LogP contribution is -2.26. The van der Waals surface area contributed by atoms with Crippen LogP contribution in [0.15, 0.2) is 58.8 Å². The SMILES string of the molecule is O/N=C1\c2ccccc2CCC1Sc1nnnn1-c1ccc(O)cc1. The minimum atomic E-state index is -0.0400. The Morgan fingerprint density at radius 3 is 2.72 bits per heavy atom. The van der Waals surface area contributed by atoms with Crippen LogP contribution in [0.2, 0.25) is 0 Å². The van der Waals surface area contributed by atoms with Gasteiger partial charge in [-0.3, -0.25) is 0 Å². The molecule has 2 N–H and O–H groups in total. The van der Waals surface area contributed by atoms with Gasteiger partial charge in [-0.15, -0.1) is 5.10 Å². The minimum absolute atomic E-state index is 0.0400. The molecule has 126 valence electrons. The highest BCUT2D eigenvalue weighted by Crippen LogP contribution is 2.33. The van der Waals surface area contributed by atoms with Crippen molar-refractivity contribution in [1.82, 2.24) is 20.2 Å². The molecule has 0 fully saturated rings. The van der Waals surface area contributed by atoms with E-state index in [0.717, 1.165) is 24.1 Å². The molecule has 25 heavy (non-hydrogen) atoms. The third-order valence-corrected chi connectivity index (χ3v) is 5.37. The molecule has 0 spiro atoms. The Hall–Kier alpha value is -2.87. The number of oxime groups is 1. The zero-order valence-electron chi connectivity index (χ0n) is 13.1. The molecule has 0 aliphatic heterocycles. The third kappa shape index (κ3) is 2.96. The number of thioether (sulfide) groups is 1. The summed E-state index contributed by atoms with van der Waals surface area (Å²) in [5.41, 5.74) is 3.55. The summed E-state index contributed by atoms with van der Waals surface area (Å²) in [6.45, 7) is 0. The van der Waals surface area contributed by atoms with E-state index in [1.807, 2.05) is 18.2 Å². The molecule has 1 unspecified atom stereocenters. The van der Waals surface area contributed by atoms with Gasteiger partial charge >= 0.3 is 0 Å². The molecule has 8 heteroatoms. The highest BCUT2D eigenvalue weighted by atomic mass is 32.2. The fourth-order valence-electron chi connectivity index (χ4n) is 2.95. The molecule has 0 saturated carbocycles. The molecule has 7 nitrogen and oxygen atoms in total. The Labute approximate surface area is 148 Å². The smallest absolute Gasteiger partial charge is 0.214 e. The number of phenols is 1. The second kappa shape index (κ2) is 6.56. The van der Waals surface area contributed by atoms with E-state index in [1.165, 1.54) is 17.3 Å². The largest absolute Gasteiger partial charge is 0.508 e. The molecular formula is C17H15N5O2S. The Balaban J connectivity index is 1.64.